The van der Waals surface area contributed by atoms with Crippen molar-refractivity contribution in [3.8, 4) is 11.5 Å². The Kier molecular flexibility index (Phi) is 6.93. The number of rotatable bonds is 7. The molecule has 0 atom stereocenters. The van der Waals surface area contributed by atoms with Gasteiger partial charge in [-0.3, -0.25) is 0 Å². The lowest BCUT2D eigenvalue weighted by Crippen LogP contribution is -2.01. The predicted molar refractivity (Wildman–Crippen MR) is 76.1 cm³/mol. The zero-order chi connectivity index (χ0) is 12.7. The second-order valence-electron chi connectivity index (χ2n) is 3.44. The van der Waals surface area contributed by atoms with Gasteiger partial charge in [0, 0.05) is 5.88 Å². The minimum atomic E-state index is 0.406. The first-order valence-electron chi connectivity index (χ1n) is 5.27. The molecule has 17 heavy (non-hydrogen) atoms. The molecule has 0 radical (unpaired) electrons. The van der Waals surface area contributed by atoms with Crippen molar-refractivity contribution in [3.63, 3.8) is 0 Å². The SMILES string of the molecule is COc1cc(CCl)cc(Cl)c1OCCCSC. The number of benzene rings is 1. The summed E-state index contributed by atoms with van der Waals surface area (Å²) in [5.74, 6) is 2.71. The Morgan fingerprint density at radius 3 is 2.71 bits per heavy atom. The molecule has 0 aliphatic heterocycles. The lowest BCUT2D eigenvalue weighted by Gasteiger charge is -2.13. The summed E-state index contributed by atoms with van der Waals surface area (Å²) in [6.07, 6.45) is 3.06. The number of methoxy groups -OCH3 is 1. The van der Waals surface area contributed by atoms with Gasteiger partial charge >= 0.3 is 0 Å². The van der Waals surface area contributed by atoms with Crippen LogP contribution >= 0.6 is 35.0 Å². The minimum absolute atomic E-state index is 0.406. The van der Waals surface area contributed by atoms with E-state index in [4.69, 9.17) is 32.7 Å². The summed E-state index contributed by atoms with van der Waals surface area (Å²) in [7, 11) is 1.60. The van der Waals surface area contributed by atoms with Crippen LogP contribution in [0.3, 0.4) is 0 Å². The summed E-state index contributed by atoms with van der Waals surface area (Å²) < 4.78 is 10.9. The quantitative estimate of drug-likeness (QED) is 0.554. The number of alkyl halides is 1. The van der Waals surface area contributed by atoms with Gasteiger partial charge < -0.3 is 9.47 Å². The van der Waals surface area contributed by atoms with Gasteiger partial charge in [-0.25, -0.2) is 0 Å². The first-order chi connectivity index (χ1) is 8.22. The summed E-state index contributed by atoms with van der Waals surface area (Å²) in [5, 5.41) is 0.546. The monoisotopic (exact) mass is 294 g/mol. The molecule has 0 unspecified atom stereocenters. The van der Waals surface area contributed by atoms with Crippen molar-refractivity contribution in [2.24, 2.45) is 0 Å². The van der Waals surface area contributed by atoms with Gasteiger partial charge in [0.2, 0.25) is 0 Å². The lowest BCUT2D eigenvalue weighted by molar-refractivity contribution is 0.295. The standard InChI is InChI=1S/C12H16Cl2O2S/c1-15-11-7-9(8-13)6-10(14)12(11)16-4-3-5-17-2/h6-7H,3-5,8H2,1-2H3. The first kappa shape index (κ1) is 14.8. The topological polar surface area (TPSA) is 18.5 Å². The summed E-state index contributed by atoms with van der Waals surface area (Å²) in [5.41, 5.74) is 0.921. The molecule has 0 fully saturated rings. The molecule has 0 saturated carbocycles. The van der Waals surface area contributed by atoms with E-state index in [-0.39, 0.29) is 0 Å². The van der Waals surface area contributed by atoms with E-state index >= 15 is 0 Å². The van der Waals surface area contributed by atoms with Gasteiger partial charge in [-0.15, -0.1) is 11.6 Å². The van der Waals surface area contributed by atoms with Crippen LogP contribution in [0.25, 0.3) is 0 Å². The van der Waals surface area contributed by atoms with E-state index in [1.165, 1.54) is 0 Å². The van der Waals surface area contributed by atoms with E-state index < -0.39 is 0 Å². The maximum atomic E-state index is 6.14. The molecule has 1 aromatic rings. The van der Waals surface area contributed by atoms with Gasteiger partial charge in [0.05, 0.1) is 18.7 Å². The minimum Gasteiger partial charge on any atom is -0.493 e. The fourth-order valence-corrected chi connectivity index (χ4v) is 2.22. The molecule has 2 nitrogen and oxygen atoms in total. The maximum Gasteiger partial charge on any atom is 0.179 e. The van der Waals surface area contributed by atoms with Crippen LogP contribution < -0.4 is 9.47 Å². The molecule has 0 saturated heterocycles. The molecule has 0 aromatic heterocycles. The van der Waals surface area contributed by atoms with E-state index in [1.54, 1.807) is 24.9 Å². The molecule has 1 aromatic carbocycles. The fraction of sp³-hybridized carbons (Fsp3) is 0.500. The molecule has 0 aliphatic carbocycles. The van der Waals surface area contributed by atoms with Crippen LogP contribution in [0.2, 0.25) is 5.02 Å². The van der Waals surface area contributed by atoms with Crippen molar-refractivity contribution >= 4 is 35.0 Å². The van der Waals surface area contributed by atoms with E-state index in [0.29, 0.717) is 29.0 Å². The Balaban J connectivity index is 2.75. The van der Waals surface area contributed by atoms with Crippen LogP contribution in [-0.2, 0) is 5.88 Å². The van der Waals surface area contributed by atoms with E-state index in [1.807, 2.05) is 6.07 Å². The van der Waals surface area contributed by atoms with E-state index in [9.17, 15) is 0 Å². The third kappa shape index (κ3) is 4.49. The molecule has 0 spiro atoms. The van der Waals surface area contributed by atoms with Crippen LogP contribution in [0, 0.1) is 0 Å². The van der Waals surface area contributed by atoms with Crippen LogP contribution in [0.4, 0.5) is 0 Å². The van der Waals surface area contributed by atoms with Crippen molar-refractivity contribution in [1.29, 1.82) is 0 Å². The van der Waals surface area contributed by atoms with Crippen LogP contribution in [-0.4, -0.2) is 25.7 Å². The van der Waals surface area contributed by atoms with E-state index in [2.05, 4.69) is 6.26 Å². The first-order valence-corrected chi connectivity index (χ1v) is 7.57. The van der Waals surface area contributed by atoms with Gasteiger partial charge in [-0.2, -0.15) is 11.8 Å². The second kappa shape index (κ2) is 7.96. The predicted octanol–water partition coefficient (Wildman–Crippen LogP) is 4.22. The average Bonchev–Trinajstić information content (AvgIpc) is 2.35. The summed E-state index contributed by atoms with van der Waals surface area (Å²) >= 11 is 13.7. The van der Waals surface area contributed by atoms with Gasteiger partial charge in [0.15, 0.2) is 11.5 Å². The Bertz CT molecular complexity index is 359. The van der Waals surface area contributed by atoms with Gasteiger partial charge in [0.1, 0.15) is 0 Å². The van der Waals surface area contributed by atoms with Crippen molar-refractivity contribution in [2.45, 2.75) is 12.3 Å². The van der Waals surface area contributed by atoms with Gasteiger partial charge in [-0.1, -0.05) is 11.6 Å². The zero-order valence-corrected chi connectivity index (χ0v) is 12.3. The van der Waals surface area contributed by atoms with Crippen LogP contribution in [0.5, 0.6) is 11.5 Å². The molecule has 0 heterocycles. The number of hydrogen-bond acceptors (Lipinski definition) is 3. The van der Waals surface area contributed by atoms with Crippen molar-refractivity contribution in [3.05, 3.63) is 22.7 Å². The van der Waals surface area contributed by atoms with Crippen LogP contribution in [0.15, 0.2) is 12.1 Å². The molecule has 0 bridgehead atoms. The maximum absolute atomic E-state index is 6.14. The second-order valence-corrected chi connectivity index (χ2v) is 5.10. The highest BCUT2D eigenvalue weighted by atomic mass is 35.5. The number of thioether (sulfide) groups is 1. The summed E-state index contributed by atoms with van der Waals surface area (Å²) in [6, 6.07) is 3.66. The Morgan fingerprint density at radius 2 is 2.12 bits per heavy atom. The molecule has 1 rings (SSSR count). The van der Waals surface area contributed by atoms with Gasteiger partial charge in [-0.05, 0) is 36.1 Å². The third-order valence-corrected chi connectivity index (χ3v) is 3.47. The third-order valence-electron chi connectivity index (χ3n) is 2.18. The lowest BCUT2D eigenvalue weighted by atomic mass is 10.2. The van der Waals surface area contributed by atoms with E-state index in [0.717, 1.165) is 17.7 Å². The van der Waals surface area contributed by atoms with Crippen molar-refractivity contribution < 1.29 is 9.47 Å². The highest BCUT2D eigenvalue weighted by Gasteiger charge is 2.11. The largest absolute Gasteiger partial charge is 0.493 e. The molecule has 0 amide bonds. The Morgan fingerprint density at radius 1 is 1.35 bits per heavy atom. The van der Waals surface area contributed by atoms with Crippen LogP contribution in [0.1, 0.15) is 12.0 Å². The Hall–Kier alpha value is -0.250. The van der Waals surface area contributed by atoms with Gasteiger partial charge in [0.25, 0.3) is 0 Å². The number of hydrogen-bond donors (Lipinski definition) is 0. The molecule has 0 aliphatic rings. The average molecular weight is 295 g/mol. The molecular formula is C12H16Cl2O2S. The van der Waals surface area contributed by atoms with Crippen molar-refractivity contribution in [1.82, 2.24) is 0 Å². The zero-order valence-electron chi connectivity index (χ0n) is 9.96. The molecule has 0 N–H and O–H groups in total. The summed E-state index contributed by atoms with van der Waals surface area (Å²) in [4.78, 5) is 0. The fourth-order valence-electron chi connectivity index (χ4n) is 1.37. The number of ether oxygens (including phenoxy) is 2. The summed E-state index contributed by atoms with van der Waals surface area (Å²) in [6.45, 7) is 0.636. The molecule has 5 heteroatoms. The highest BCUT2D eigenvalue weighted by molar-refractivity contribution is 7.98. The highest BCUT2D eigenvalue weighted by Crippen LogP contribution is 2.36. The smallest absolute Gasteiger partial charge is 0.179 e. The van der Waals surface area contributed by atoms with Crippen molar-refractivity contribution in [2.75, 3.05) is 25.7 Å². The number of halogens is 2. The molecule has 96 valence electrons. The normalized spacial score (nSPS) is 10.4. The molecular weight excluding hydrogens is 279 g/mol. The Labute approximate surface area is 117 Å².